The fourth-order valence-electron chi connectivity index (χ4n) is 1.30. The van der Waals surface area contributed by atoms with Gasteiger partial charge < -0.3 is 10.4 Å². The molecule has 0 spiro atoms. The molecule has 12 heavy (non-hydrogen) atoms. The first-order chi connectivity index (χ1) is 5.81. The zero-order valence-corrected chi connectivity index (χ0v) is 8.47. The molecule has 0 aromatic heterocycles. The van der Waals surface area contributed by atoms with Crippen molar-refractivity contribution in [1.29, 1.82) is 0 Å². The molecular formula is C10H23NO. The van der Waals surface area contributed by atoms with E-state index in [1.165, 1.54) is 19.3 Å². The Morgan fingerprint density at radius 3 is 2.58 bits per heavy atom. The van der Waals surface area contributed by atoms with Crippen molar-refractivity contribution in [2.45, 2.75) is 52.0 Å². The molecular weight excluding hydrogens is 150 g/mol. The van der Waals surface area contributed by atoms with E-state index in [9.17, 15) is 0 Å². The first kappa shape index (κ1) is 11.9. The van der Waals surface area contributed by atoms with Gasteiger partial charge in [0.2, 0.25) is 0 Å². The van der Waals surface area contributed by atoms with Gasteiger partial charge in [0.1, 0.15) is 0 Å². The topological polar surface area (TPSA) is 32.3 Å². The molecule has 0 aromatic carbocycles. The number of aliphatic hydroxyl groups is 1. The van der Waals surface area contributed by atoms with E-state index in [0.717, 1.165) is 19.4 Å². The maximum atomic E-state index is 8.54. The quantitative estimate of drug-likeness (QED) is 0.550. The zero-order valence-electron chi connectivity index (χ0n) is 8.47. The Balaban J connectivity index is 2.97. The first-order valence-corrected chi connectivity index (χ1v) is 5.15. The van der Waals surface area contributed by atoms with E-state index >= 15 is 0 Å². The van der Waals surface area contributed by atoms with Crippen LogP contribution >= 0.6 is 0 Å². The van der Waals surface area contributed by atoms with E-state index in [-0.39, 0.29) is 0 Å². The maximum Gasteiger partial charge on any atom is 0.0431 e. The van der Waals surface area contributed by atoms with Gasteiger partial charge in [-0.15, -0.1) is 0 Å². The molecule has 0 aliphatic rings. The molecule has 2 N–H and O–H groups in total. The molecule has 2 nitrogen and oxygen atoms in total. The molecule has 0 saturated heterocycles. The Bertz CT molecular complexity index is 85.9. The third-order valence-electron chi connectivity index (χ3n) is 2.05. The van der Waals surface area contributed by atoms with Gasteiger partial charge >= 0.3 is 0 Å². The van der Waals surface area contributed by atoms with Gasteiger partial charge in [-0.2, -0.15) is 0 Å². The third kappa shape index (κ3) is 8.02. The Morgan fingerprint density at radius 1 is 1.25 bits per heavy atom. The van der Waals surface area contributed by atoms with Crippen LogP contribution in [-0.4, -0.2) is 24.3 Å². The molecule has 2 heteroatoms. The van der Waals surface area contributed by atoms with E-state index in [1.807, 2.05) is 0 Å². The summed E-state index contributed by atoms with van der Waals surface area (Å²) in [6, 6.07) is 0.657. The second-order valence-corrected chi connectivity index (χ2v) is 3.43. The molecule has 0 rings (SSSR count). The monoisotopic (exact) mass is 173 g/mol. The Hall–Kier alpha value is -0.0800. The summed E-state index contributed by atoms with van der Waals surface area (Å²) in [6.07, 6.45) is 5.80. The predicted octanol–water partition coefficient (Wildman–Crippen LogP) is 1.93. The lowest BCUT2D eigenvalue weighted by atomic mass is 10.2. The molecule has 0 unspecified atom stereocenters. The van der Waals surface area contributed by atoms with Crippen molar-refractivity contribution in [2.75, 3.05) is 13.2 Å². The minimum Gasteiger partial charge on any atom is -0.396 e. The molecule has 0 amide bonds. The van der Waals surface area contributed by atoms with Gasteiger partial charge in [0.05, 0.1) is 0 Å². The fraction of sp³-hybridized carbons (Fsp3) is 1.00. The highest BCUT2D eigenvalue weighted by atomic mass is 16.2. The average molecular weight is 173 g/mol. The summed E-state index contributed by atoms with van der Waals surface area (Å²) in [7, 11) is 0. The lowest BCUT2D eigenvalue weighted by Gasteiger charge is -2.11. The molecule has 0 radical (unpaired) electrons. The Kier molecular flexibility index (Phi) is 8.95. The lowest BCUT2D eigenvalue weighted by Crippen LogP contribution is -2.26. The minimum absolute atomic E-state index is 0.338. The summed E-state index contributed by atoms with van der Waals surface area (Å²) in [6.45, 7) is 5.88. The lowest BCUT2D eigenvalue weighted by molar-refractivity contribution is 0.282. The van der Waals surface area contributed by atoms with Crippen LogP contribution in [0.25, 0.3) is 0 Å². The number of aliphatic hydroxyl groups excluding tert-OH is 1. The third-order valence-corrected chi connectivity index (χ3v) is 2.05. The van der Waals surface area contributed by atoms with Crippen LogP contribution in [0.4, 0.5) is 0 Å². The molecule has 0 aliphatic carbocycles. The number of hydrogen-bond donors (Lipinski definition) is 2. The Labute approximate surface area is 76.4 Å². The van der Waals surface area contributed by atoms with Crippen molar-refractivity contribution in [3.05, 3.63) is 0 Å². The van der Waals surface area contributed by atoms with E-state index in [0.29, 0.717) is 12.6 Å². The molecule has 0 saturated carbocycles. The second kappa shape index (κ2) is 9.01. The minimum atomic E-state index is 0.338. The standard InChI is InChI=1S/C10H23NO/c1-3-7-10(2)11-8-5-4-6-9-12/h10-12H,3-9H2,1-2H3/t10-/m0/s1. The summed E-state index contributed by atoms with van der Waals surface area (Å²) >= 11 is 0. The van der Waals surface area contributed by atoms with E-state index in [1.54, 1.807) is 0 Å². The van der Waals surface area contributed by atoms with Gasteiger partial charge in [0, 0.05) is 12.6 Å². The van der Waals surface area contributed by atoms with Gasteiger partial charge in [-0.1, -0.05) is 13.3 Å². The highest BCUT2D eigenvalue weighted by molar-refractivity contribution is 4.58. The normalized spacial score (nSPS) is 13.2. The molecule has 0 heterocycles. The van der Waals surface area contributed by atoms with Crippen LogP contribution in [0.3, 0.4) is 0 Å². The van der Waals surface area contributed by atoms with Gasteiger partial charge in [-0.25, -0.2) is 0 Å². The number of hydrogen-bond acceptors (Lipinski definition) is 2. The van der Waals surface area contributed by atoms with Gasteiger partial charge in [0.15, 0.2) is 0 Å². The maximum absolute atomic E-state index is 8.54. The van der Waals surface area contributed by atoms with E-state index in [4.69, 9.17) is 5.11 Å². The number of rotatable bonds is 8. The van der Waals surface area contributed by atoms with Gasteiger partial charge in [-0.05, 0) is 39.2 Å². The molecule has 1 atom stereocenters. The summed E-state index contributed by atoms with van der Waals surface area (Å²) in [4.78, 5) is 0. The van der Waals surface area contributed by atoms with Crippen molar-refractivity contribution in [3.8, 4) is 0 Å². The van der Waals surface area contributed by atoms with Crippen molar-refractivity contribution >= 4 is 0 Å². The highest BCUT2D eigenvalue weighted by Crippen LogP contribution is 1.96. The average Bonchev–Trinajstić information content (AvgIpc) is 2.05. The fourth-order valence-corrected chi connectivity index (χ4v) is 1.30. The first-order valence-electron chi connectivity index (χ1n) is 5.15. The molecule has 74 valence electrons. The molecule has 0 fully saturated rings. The largest absolute Gasteiger partial charge is 0.396 e. The van der Waals surface area contributed by atoms with Crippen LogP contribution < -0.4 is 5.32 Å². The molecule has 0 aliphatic heterocycles. The Morgan fingerprint density at radius 2 is 2.00 bits per heavy atom. The smallest absolute Gasteiger partial charge is 0.0431 e. The van der Waals surface area contributed by atoms with Gasteiger partial charge in [0.25, 0.3) is 0 Å². The molecule has 0 bridgehead atoms. The summed E-state index contributed by atoms with van der Waals surface area (Å²) in [5.74, 6) is 0. The zero-order chi connectivity index (χ0) is 9.23. The molecule has 0 aromatic rings. The van der Waals surface area contributed by atoms with Crippen molar-refractivity contribution in [3.63, 3.8) is 0 Å². The number of nitrogens with one attached hydrogen (secondary N) is 1. The van der Waals surface area contributed by atoms with Crippen LogP contribution in [0.5, 0.6) is 0 Å². The van der Waals surface area contributed by atoms with Crippen molar-refractivity contribution in [1.82, 2.24) is 5.32 Å². The summed E-state index contributed by atoms with van der Waals surface area (Å²) < 4.78 is 0. The highest BCUT2D eigenvalue weighted by Gasteiger charge is 1.97. The SMILES string of the molecule is CCC[C@H](C)NCCCCCO. The van der Waals surface area contributed by atoms with Crippen molar-refractivity contribution < 1.29 is 5.11 Å². The van der Waals surface area contributed by atoms with Crippen LogP contribution in [0.2, 0.25) is 0 Å². The van der Waals surface area contributed by atoms with Crippen LogP contribution in [0.1, 0.15) is 46.0 Å². The van der Waals surface area contributed by atoms with E-state index in [2.05, 4.69) is 19.2 Å². The van der Waals surface area contributed by atoms with Gasteiger partial charge in [-0.3, -0.25) is 0 Å². The van der Waals surface area contributed by atoms with E-state index < -0.39 is 0 Å². The summed E-state index contributed by atoms with van der Waals surface area (Å²) in [5, 5.41) is 12.0. The van der Waals surface area contributed by atoms with Crippen LogP contribution in [0.15, 0.2) is 0 Å². The number of unbranched alkanes of at least 4 members (excludes halogenated alkanes) is 2. The van der Waals surface area contributed by atoms with Crippen LogP contribution in [0, 0.1) is 0 Å². The van der Waals surface area contributed by atoms with Crippen LogP contribution in [-0.2, 0) is 0 Å². The van der Waals surface area contributed by atoms with Crippen molar-refractivity contribution in [2.24, 2.45) is 0 Å². The predicted molar refractivity (Wildman–Crippen MR) is 53.3 cm³/mol. The summed E-state index contributed by atoms with van der Waals surface area (Å²) in [5.41, 5.74) is 0. The second-order valence-electron chi connectivity index (χ2n) is 3.43.